The van der Waals surface area contributed by atoms with Crippen LogP contribution in [0, 0.1) is 0 Å². The zero-order chi connectivity index (χ0) is 12.3. The van der Waals surface area contributed by atoms with Crippen LogP contribution in [0.4, 0.5) is 5.69 Å². The van der Waals surface area contributed by atoms with Gasteiger partial charge in [-0.1, -0.05) is 11.6 Å². The first-order chi connectivity index (χ1) is 8.15. The van der Waals surface area contributed by atoms with Crippen molar-refractivity contribution < 1.29 is 9.53 Å². The minimum Gasteiger partial charge on any atom is -0.378 e. The van der Waals surface area contributed by atoms with E-state index in [0.717, 1.165) is 29.6 Å². The van der Waals surface area contributed by atoms with Crippen LogP contribution in [0.1, 0.15) is 19.3 Å². The van der Waals surface area contributed by atoms with E-state index in [1.54, 1.807) is 18.2 Å². The van der Waals surface area contributed by atoms with Crippen LogP contribution in [-0.2, 0) is 9.53 Å². The average molecular weight is 319 g/mol. The van der Waals surface area contributed by atoms with Gasteiger partial charge in [-0.3, -0.25) is 4.79 Å². The van der Waals surface area contributed by atoms with Crippen LogP contribution >= 0.6 is 27.5 Å². The predicted molar refractivity (Wildman–Crippen MR) is 71.4 cm³/mol. The van der Waals surface area contributed by atoms with Crippen molar-refractivity contribution in [1.29, 1.82) is 0 Å². The van der Waals surface area contributed by atoms with E-state index in [-0.39, 0.29) is 12.0 Å². The second-order valence-corrected chi connectivity index (χ2v) is 5.30. The number of hydrogen-bond acceptors (Lipinski definition) is 2. The largest absolute Gasteiger partial charge is 0.378 e. The number of anilines is 1. The summed E-state index contributed by atoms with van der Waals surface area (Å²) in [7, 11) is 0. The summed E-state index contributed by atoms with van der Waals surface area (Å²) in [6.45, 7) is 0.766. The number of ether oxygens (including phenoxy) is 1. The maximum absolute atomic E-state index is 11.8. The predicted octanol–water partition coefficient (Wildman–Crippen LogP) is 3.61. The molecule has 92 valence electrons. The van der Waals surface area contributed by atoms with Crippen molar-refractivity contribution >= 4 is 39.1 Å². The normalized spacial score (nSPS) is 19.3. The SMILES string of the molecule is O=C(CC1CCCO1)Nc1ccc(Cl)cc1Br. The fraction of sp³-hybridized carbons (Fsp3) is 0.417. The van der Waals surface area contributed by atoms with Gasteiger partial charge in [-0.05, 0) is 47.0 Å². The summed E-state index contributed by atoms with van der Waals surface area (Å²) in [4.78, 5) is 11.8. The molecular weight excluding hydrogens is 305 g/mol. The second-order valence-electron chi connectivity index (χ2n) is 4.01. The Bertz CT molecular complexity index is 419. The quantitative estimate of drug-likeness (QED) is 0.924. The van der Waals surface area contributed by atoms with E-state index < -0.39 is 0 Å². The van der Waals surface area contributed by atoms with E-state index in [1.165, 1.54) is 0 Å². The van der Waals surface area contributed by atoms with Gasteiger partial charge >= 0.3 is 0 Å². The van der Waals surface area contributed by atoms with Gasteiger partial charge in [-0.25, -0.2) is 0 Å². The van der Waals surface area contributed by atoms with Crippen molar-refractivity contribution in [3.63, 3.8) is 0 Å². The minimum atomic E-state index is -0.0278. The molecule has 1 atom stereocenters. The van der Waals surface area contributed by atoms with Crippen molar-refractivity contribution in [2.45, 2.75) is 25.4 Å². The lowest BCUT2D eigenvalue weighted by Crippen LogP contribution is -2.19. The Kier molecular flexibility index (Phi) is 4.42. The topological polar surface area (TPSA) is 38.3 Å². The highest BCUT2D eigenvalue weighted by Crippen LogP contribution is 2.26. The number of carbonyl (C=O) groups is 1. The molecule has 1 saturated heterocycles. The number of nitrogens with one attached hydrogen (secondary N) is 1. The van der Waals surface area contributed by atoms with E-state index in [2.05, 4.69) is 21.2 Å². The summed E-state index contributed by atoms with van der Waals surface area (Å²) in [6, 6.07) is 5.27. The second kappa shape index (κ2) is 5.85. The summed E-state index contributed by atoms with van der Waals surface area (Å²) in [6.07, 6.45) is 2.49. The first-order valence-electron chi connectivity index (χ1n) is 5.51. The standard InChI is InChI=1S/C12H13BrClNO2/c13-10-6-8(14)3-4-11(10)15-12(16)7-9-2-1-5-17-9/h3-4,6,9H,1-2,5,7H2,(H,15,16). The third-order valence-electron chi connectivity index (χ3n) is 2.64. The Hall–Kier alpha value is -0.580. The highest BCUT2D eigenvalue weighted by atomic mass is 79.9. The number of halogens is 2. The summed E-state index contributed by atoms with van der Waals surface area (Å²) >= 11 is 9.19. The number of amides is 1. The Morgan fingerprint density at radius 3 is 3.06 bits per heavy atom. The maximum Gasteiger partial charge on any atom is 0.227 e. The van der Waals surface area contributed by atoms with Gasteiger partial charge in [0.05, 0.1) is 18.2 Å². The minimum absolute atomic E-state index is 0.0278. The summed E-state index contributed by atoms with van der Waals surface area (Å²) in [5.41, 5.74) is 0.734. The molecule has 1 fully saturated rings. The molecule has 0 aromatic heterocycles. The van der Waals surface area contributed by atoms with E-state index in [1.807, 2.05) is 0 Å². The molecule has 1 aliphatic heterocycles. The molecule has 17 heavy (non-hydrogen) atoms. The molecule has 1 aliphatic rings. The zero-order valence-electron chi connectivity index (χ0n) is 9.21. The molecule has 0 radical (unpaired) electrons. The molecule has 0 bridgehead atoms. The van der Waals surface area contributed by atoms with Crippen LogP contribution in [0.15, 0.2) is 22.7 Å². The smallest absolute Gasteiger partial charge is 0.227 e. The van der Waals surface area contributed by atoms with Gasteiger partial charge in [0.15, 0.2) is 0 Å². The third kappa shape index (κ3) is 3.69. The summed E-state index contributed by atoms with van der Waals surface area (Å²) in [5.74, 6) is -0.0278. The molecule has 3 nitrogen and oxygen atoms in total. The summed E-state index contributed by atoms with van der Waals surface area (Å²) < 4.78 is 6.20. The van der Waals surface area contributed by atoms with E-state index in [4.69, 9.17) is 16.3 Å². The van der Waals surface area contributed by atoms with Gasteiger partial charge in [-0.2, -0.15) is 0 Å². The zero-order valence-corrected chi connectivity index (χ0v) is 11.6. The molecule has 1 heterocycles. The Labute approximate surface area is 114 Å². The number of benzene rings is 1. The summed E-state index contributed by atoms with van der Waals surface area (Å²) in [5, 5.41) is 3.47. The van der Waals surface area contributed by atoms with Crippen LogP contribution in [0.3, 0.4) is 0 Å². The van der Waals surface area contributed by atoms with Crippen molar-refractivity contribution in [3.05, 3.63) is 27.7 Å². The number of rotatable bonds is 3. The molecule has 0 saturated carbocycles. The molecule has 1 unspecified atom stereocenters. The van der Waals surface area contributed by atoms with Crippen LogP contribution in [0.25, 0.3) is 0 Å². The van der Waals surface area contributed by atoms with Crippen LogP contribution < -0.4 is 5.32 Å². The van der Waals surface area contributed by atoms with Gasteiger partial charge in [0.25, 0.3) is 0 Å². The van der Waals surface area contributed by atoms with Crippen molar-refractivity contribution in [2.75, 3.05) is 11.9 Å². The molecule has 0 aliphatic carbocycles. The lowest BCUT2D eigenvalue weighted by Gasteiger charge is -2.11. The van der Waals surface area contributed by atoms with Gasteiger partial charge in [0, 0.05) is 16.1 Å². The maximum atomic E-state index is 11.8. The van der Waals surface area contributed by atoms with Crippen molar-refractivity contribution in [2.24, 2.45) is 0 Å². The van der Waals surface area contributed by atoms with Crippen LogP contribution in [-0.4, -0.2) is 18.6 Å². The average Bonchev–Trinajstić information content (AvgIpc) is 2.75. The van der Waals surface area contributed by atoms with Gasteiger partial charge in [0.2, 0.25) is 5.91 Å². The highest BCUT2D eigenvalue weighted by Gasteiger charge is 2.19. The first kappa shape index (κ1) is 12.9. The van der Waals surface area contributed by atoms with Crippen molar-refractivity contribution in [1.82, 2.24) is 0 Å². The molecule has 1 aromatic rings. The fourth-order valence-electron chi connectivity index (χ4n) is 1.80. The Balaban J connectivity index is 1.93. The first-order valence-corrected chi connectivity index (χ1v) is 6.69. The van der Waals surface area contributed by atoms with E-state index >= 15 is 0 Å². The fourth-order valence-corrected chi connectivity index (χ4v) is 2.59. The van der Waals surface area contributed by atoms with Crippen LogP contribution in [0.5, 0.6) is 0 Å². The molecule has 2 rings (SSSR count). The Morgan fingerprint density at radius 1 is 1.59 bits per heavy atom. The van der Waals surface area contributed by atoms with E-state index in [0.29, 0.717) is 11.4 Å². The monoisotopic (exact) mass is 317 g/mol. The molecule has 1 aromatic carbocycles. The molecule has 5 heteroatoms. The molecule has 0 spiro atoms. The molecule has 1 N–H and O–H groups in total. The van der Waals surface area contributed by atoms with Gasteiger partial charge in [0.1, 0.15) is 0 Å². The lowest BCUT2D eigenvalue weighted by atomic mass is 10.2. The van der Waals surface area contributed by atoms with Crippen molar-refractivity contribution in [3.8, 4) is 0 Å². The highest BCUT2D eigenvalue weighted by molar-refractivity contribution is 9.10. The number of hydrogen-bond donors (Lipinski definition) is 1. The van der Waals surface area contributed by atoms with Gasteiger partial charge in [-0.15, -0.1) is 0 Å². The number of carbonyl (C=O) groups excluding carboxylic acids is 1. The lowest BCUT2D eigenvalue weighted by molar-refractivity contribution is -0.118. The Morgan fingerprint density at radius 2 is 2.41 bits per heavy atom. The van der Waals surface area contributed by atoms with Gasteiger partial charge < -0.3 is 10.1 Å². The third-order valence-corrected chi connectivity index (χ3v) is 3.53. The molecular formula is C12H13BrClNO2. The molecule has 1 amide bonds. The van der Waals surface area contributed by atoms with E-state index in [9.17, 15) is 4.79 Å². The van der Waals surface area contributed by atoms with Crippen LogP contribution in [0.2, 0.25) is 5.02 Å².